The van der Waals surface area contributed by atoms with Crippen LogP contribution >= 0.6 is 11.6 Å². The minimum Gasteiger partial charge on any atom is -0.508 e. The van der Waals surface area contributed by atoms with E-state index in [-0.39, 0.29) is 11.0 Å². The van der Waals surface area contributed by atoms with Gasteiger partial charge in [0.2, 0.25) is 5.28 Å². The van der Waals surface area contributed by atoms with E-state index in [0.29, 0.717) is 11.2 Å². The van der Waals surface area contributed by atoms with Gasteiger partial charge in [-0.2, -0.15) is 4.98 Å². The normalized spacial score (nSPS) is 11.0. The number of benzene rings is 1. The quantitative estimate of drug-likeness (QED) is 0.683. The van der Waals surface area contributed by atoms with Crippen LogP contribution in [0.1, 0.15) is 5.56 Å². The second-order valence-corrected chi connectivity index (χ2v) is 4.27. The van der Waals surface area contributed by atoms with Gasteiger partial charge in [0, 0.05) is 5.69 Å². The Kier molecular flexibility index (Phi) is 2.41. The molecule has 90 valence electrons. The topological polar surface area (TPSA) is 63.8 Å². The van der Waals surface area contributed by atoms with E-state index in [1.54, 1.807) is 29.2 Å². The maximum Gasteiger partial charge on any atom is 0.224 e. The summed E-state index contributed by atoms with van der Waals surface area (Å²) in [6.07, 6.45) is 3.23. The van der Waals surface area contributed by atoms with Crippen LogP contribution in [0.2, 0.25) is 5.28 Å². The summed E-state index contributed by atoms with van der Waals surface area (Å²) < 4.78 is 1.80. The van der Waals surface area contributed by atoms with E-state index >= 15 is 0 Å². The molecule has 0 spiro atoms. The number of aromatic nitrogens is 4. The molecular formula is C12H9ClN4O. The summed E-state index contributed by atoms with van der Waals surface area (Å²) in [4.78, 5) is 12.2. The minimum atomic E-state index is 0.180. The average Bonchev–Trinajstić information content (AvgIpc) is 2.75. The summed E-state index contributed by atoms with van der Waals surface area (Å²) in [5.41, 5.74) is 2.96. The largest absolute Gasteiger partial charge is 0.508 e. The van der Waals surface area contributed by atoms with E-state index in [0.717, 1.165) is 11.3 Å². The van der Waals surface area contributed by atoms with Gasteiger partial charge >= 0.3 is 0 Å². The summed E-state index contributed by atoms with van der Waals surface area (Å²) in [7, 11) is 0. The highest BCUT2D eigenvalue weighted by Gasteiger charge is 2.08. The van der Waals surface area contributed by atoms with Gasteiger partial charge in [-0.05, 0) is 42.3 Å². The zero-order valence-corrected chi connectivity index (χ0v) is 10.3. The number of phenols is 1. The monoisotopic (exact) mass is 260 g/mol. The van der Waals surface area contributed by atoms with Crippen molar-refractivity contribution in [1.29, 1.82) is 0 Å². The fraction of sp³-hybridized carbons (Fsp3) is 0.0833. The molecule has 0 fully saturated rings. The third-order valence-electron chi connectivity index (χ3n) is 2.72. The molecule has 6 heteroatoms. The molecular weight excluding hydrogens is 252 g/mol. The molecule has 3 aromatic rings. The van der Waals surface area contributed by atoms with Crippen molar-refractivity contribution in [3.63, 3.8) is 0 Å². The first-order valence-corrected chi connectivity index (χ1v) is 5.68. The highest BCUT2D eigenvalue weighted by atomic mass is 35.5. The first-order chi connectivity index (χ1) is 8.65. The van der Waals surface area contributed by atoms with Crippen molar-refractivity contribution in [2.75, 3.05) is 0 Å². The Morgan fingerprint density at radius 3 is 2.89 bits per heavy atom. The smallest absolute Gasteiger partial charge is 0.224 e. The van der Waals surface area contributed by atoms with E-state index in [1.807, 2.05) is 13.0 Å². The molecule has 5 nitrogen and oxygen atoms in total. The van der Waals surface area contributed by atoms with Crippen molar-refractivity contribution >= 4 is 22.8 Å². The summed E-state index contributed by atoms with van der Waals surface area (Å²) in [5, 5.41) is 9.71. The Morgan fingerprint density at radius 1 is 1.28 bits per heavy atom. The van der Waals surface area contributed by atoms with Gasteiger partial charge in [0.05, 0.1) is 6.20 Å². The lowest BCUT2D eigenvalue weighted by atomic mass is 10.2. The summed E-state index contributed by atoms with van der Waals surface area (Å²) in [5.74, 6) is 0.260. The lowest BCUT2D eigenvalue weighted by Gasteiger charge is -2.05. The van der Waals surface area contributed by atoms with Crippen molar-refractivity contribution in [2.24, 2.45) is 0 Å². The zero-order valence-electron chi connectivity index (χ0n) is 9.50. The number of phenolic OH excluding ortho intramolecular Hbond substituents is 1. The van der Waals surface area contributed by atoms with Crippen LogP contribution in [0.15, 0.2) is 30.7 Å². The second kappa shape index (κ2) is 3.96. The number of rotatable bonds is 1. The van der Waals surface area contributed by atoms with Crippen LogP contribution in [0.25, 0.3) is 16.9 Å². The number of aryl methyl sites for hydroxylation is 1. The van der Waals surface area contributed by atoms with Gasteiger partial charge in [-0.25, -0.2) is 9.97 Å². The number of aromatic hydroxyl groups is 1. The molecule has 1 N–H and O–H groups in total. The Hall–Kier alpha value is -2.14. The molecule has 0 unspecified atom stereocenters. The molecule has 18 heavy (non-hydrogen) atoms. The van der Waals surface area contributed by atoms with Crippen molar-refractivity contribution in [2.45, 2.75) is 6.92 Å². The lowest BCUT2D eigenvalue weighted by molar-refractivity contribution is 0.471. The van der Waals surface area contributed by atoms with E-state index in [1.165, 1.54) is 0 Å². The third-order valence-corrected chi connectivity index (χ3v) is 2.90. The van der Waals surface area contributed by atoms with Crippen LogP contribution in [0, 0.1) is 6.92 Å². The Morgan fingerprint density at radius 2 is 2.11 bits per heavy atom. The van der Waals surface area contributed by atoms with E-state index in [4.69, 9.17) is 11.6 Å². The van der Waals surface area contributed by atoms with Gasteiger partial charge in [-0.1, -0.05) is 0 Å². The van der Waals surface area contributed by atoms with Crippen molar-refractivity contribution in [3.8, 4) is 11.4 Å². The van der Waals surface area contributed by atoms with Crippen LogP contribution in [-0.2, 0) is 0 Å². The number of fused-ring (bicyclic) bond motifs is 1. The first-order valence-electron chi connectivity index (χ1n) is 5.31. The molecule has 0 amide bonds. The molecule has 0 radical (unpaired) electrons. The third kappa shape index (κ3) is 1.69. The predicted octanol–water partition coefficient (Wildman–Crippen LogP) is 2.48. The fourth-order valence-corrected chi connectivity index (χ4v) is 1.90. The van der Waals surface area contributed by atoms with E-state index < -0.39 is 0 Å². The fourth-order valence-electron chi connectivity index (χ4n) is 1.77. The van der Waals surface area contributed by atoms with Gasteiger partial charge in [0.1, 0.15) is 17.6 Å². The molecule has 2 aromatic heterocycles. The van der Waals surface area contributed by atoms with Crippen LogP contribution in [0.4, 0.5) is 0 Å². The summed E-state index contributed by atoms with van der Waals surface area (Å²) >= 11 is 5.79. The first kappa shape index (κ1) is 11.0. The maximum atomic E-state index is 9.53. The molecule has 1 aromatic carbocycles. The van der Waals surface area contributed by atoms with Crippen LogP contribution in [0.5, 0.6) is 5.75 Å². The maximum absolute atomic E-state index is 9.53. The molecule has 3 rings (SSSR count). The average molecular weight is 261 g/mol. The van der Waals surface area contributed by atoms with Crippen molar-refractivity contribution in [1.82, 2.24) is 19.5 Å². The molecule has 0 bridgehead atoms. The van der Waals surface area contributed by atoms with Gasteiger partial charge < -0.3 is 5.11 Å². The molecule has 0 saturated heterocycles. The number of halogens is 1. The van der Waals surface area contributed by atoms with E-state index in [2.05, 4.69) is 15.0 Å². The zero-order chi connectivity index (χ0) is 12.7. The number of hydrogen-bond acceptors (Lipinski definition) is 4. The lowest BCUT2D eigenvalue weighted by Crippen LogP contribution is -1.95. The summed E-state index contributed by atoms with van der Waals surface area (Å²) in [6, 6.07) is 5.28. The number of imidazole rings is 1. The highest BCUT2D eigenvalue weighted by molar-refractivity contribution is 6.28. The Balaban J connectivity index is 2.24. The Labute approximate surface area is 108 Å². The second-order valence-electron chi connectivity index (χ2n) is 3.93. The molecule has 0 aliphatic rings. The molecule has 0 atom stereocenters. The predicted molar refractivity (Wildman–Crippen MR) is 68.1 cm³/mol. The summed E-state index contributed by atoms with van der Waals surface area (Å²) in [6.45, 7) is 1.83. The number of hydrogen-bond donors (Lipinski definition) is 1. The molecule has 0 aliphatic heterocycles. The minimum absolute atomic E-state index is 0.180. The van der Waals surface area contributed by atoms with Gasteiger partial charge in [-0.3, -0.25) is 4.57 Å². The van der Waals surface area contributed by atoms with Gasteiger partial charge in [0.15, 0.2) is 5.65 Å². The van der Waals surface area contributed by atoms with Crippen LogP contribution in [0.3, 0.4) is 0 Å². The van der Waals surface area contributed by atoms with E-state index in [9.17, 15) is 5.11 Å². The van der Waals surface area contributed by atoms with Gasteiger partial charge in [-0.15, -0.1) is 0 Å². The highest BCUT2D eigenvalue weighted by Crippen LogP contribution is 2.22. The SMILES string of the molecule is Cc1cc(-n2cnc3cnc(Cl)nc32)ccc1O. The van der Waals surface area contributed by atoms with Crippen molar-refractivity contribution < 1.29 is 5.11 Å². The van der Waals surface area contributed by atoms with Crippen molar-refractivity contribution in [3.05, 3.63) is 41.6 Å². The standard InChI is InChI=1S/C12H9ClN4O/c1-7-4-8(2-3-10(7)18)17-6-15-9-5-14-12(13)16-11(9)17/h2-6,18H,1H3. The van der Waals surface area contributed by atoms with Crippen LogP contribution in [-0.4, -0.2) is 24.6 Å². The molecule has 0 saturated carbocycles. The Bertz CT molecular complexity index is 738. The molecule has 2 heterocycles. The van der Waals surface area contributed by atoms with Gasteiger partial charge in [0.25, 0.3) is 0 Å². The molecule has 0 aliphatic carbocycles. The van der Waals surface area contributed by atoms with Crippen LogP contribution < -0.4 is 0 Å². The number of nitrogens with zero attached hydrogens (tertiary/aromatic N) is 4.